The monoisotopic (exact) mass is 248 g/mol. The molecule has 1 unspecified atom stereocenters. The SMILES string of the molecule is CN1CCCC(N[C@H](CO)c2ccccc2)CC1. The number of likely N-dealkylation sites (tertiary alicyclic amines) is 1. The number of nitrogens with zero attached hydrogens (tertiary/aromatic N) is 1. The molecule has 1 saturated heterocycles. The second kappa shape index (κ2) is 6.88. The highest BCUT2D eigenvalue weighted by atomic mass is 16.3. The first kappa shape index (κ1) is 13.5. The number of hydrogen-bond acceptors (Lipinski definition) is 3. The average Bonchev–Trinajstić information content (AvgIpc) is 2.62. The van der Waals surface area contributed by atoms with Crippen LogP contribution >= 0.6 is 0 Å². The normalized spacial score (nSPS) is 23.6. The number of hydrogen-bond donors (Lipinski definition) is 2. The molecule has 0 bridgehead atoms. The van der Waals surface area contributed by atoms with Crippen LogP contribution in [0.25, 0.3) is 0 Å². The Bertz CT molecular complexity index is 342. The van der Waals surface area contributed by atoms with E-state index in [2.05, 4.69) is 29.4 Å². The highest BCUT2D eigenvalue weighted by molar-refractivity contribution is 5.19. The Morgan fingerprint density at radius 2 is 2.06 bits per heavy atom. The van der Waals surface area contributed by atoms with Crippen LogP contribution < -0.4 is 5.32 Å². The summed E-state index contributed by atoms with van der Waals surface area (Å²) in [6.07, 6.45) is 3.61. The molecule has 0 saturated carbocycles. The summed E-state index contributed by atoms with van der Waals surface area (Å²) in [5, 5.41) is 13.2. The quantitative estimate of drug-likeness (QED) is 0.853. The van der Waals surface area contributed by atoms with Crippen LogP contribution in [0, 0.1) is 0 Å². The minimum Gasteiger partial charge on any atom is -0.394 e. The predicted octanol–water partition coefficient (Wildman–Crippen LogP) is 1.79. The van der Waals surface area contributed by atoms with Crippen LogP contribution in [-0.4, -0.2) is 42.8 Å². The van der Waals surface area contributed by atoms with Crippen molar-refractivity contribution in [1.29, 1.82) is 0 Å². The van der Waals surface area contributed by atoms with E-state index < -0.39 is 0 Å². The third kappa shape index (κ3) is 3.80. The molecule has 2 rings (SSSR count). The zero-order valence-corrected chi connectivity index (χ0v) is 11.2. The van der Waals surface area contributed by atoms with E-state index in [-0.39, 0.29) is 12.6 Å². The van der Waals surface area contributed by atoms with Gasteiger partial charge in [0.2, 0.25) is 0 Å². The van der Waals surface area contributed by atoms with E-state index in [1.807, 2.05) is 18.2 Å². The highest BCUT2D eigenvalue weighted by Gasteiger charge is 2.18. The Morgan fingerprint density at radius 1 is 1.28 bits per heavy atom. The van der Waals surface area contributed by atoms with Gasteiger partial charge >= 0.3 is 0 Å². The van der Waals surface area contributed by atoms with Gasteiger partial charge in [0.15, 0.2) is 0 Å². The Labute approximate surface area is 110 Å². The molecule has 0 spiro atoms. The van der Waals surface area contributed by atoms with E-state index in [0.29, 0.717) is 6.04 Å². The highest BCUT2D eigenvalue weighted by Crippen LogP contribution is 2.17. The van der Waals surface area contributed by atoms with Crippen molar-refractivity contribution >= 4 is 0 Å². The zero-order chi connectivity index (χ0) is 12.8. The molecule has 100 valence electrons. The number of aliphatic hydroxyl groups is 1. The van der Waals surface area contributed by atoms with Crippen LogP contribution in [-0.2, 0) is 0 Å². The number of nitrogens with one attached hydrogen (secondary N) is 1. The van der Waals surface area contributed by atoms with Crippen molar-refractivity contribution in [1.82, 2.24) is 10.2 Å². The van der Waals surface area contributed by atoms with E-state index in [1.54, 1.807) is 0 Å². The van der Waals surface area contributed by atoms with Crippen molar-refractivity contribution in [3.05, 3.63) is 35.9 Å². The molecule has 1 fully saturated rings. The summed E-state index contributed by atoms with van der Waals surface area (Å²) in [4.78, 5) is 2.39. The maximum Gasteiger partial charge on any atom is 0.0626 e. The lowest BCUT2D eigenvalue weighted by Crippen LogP contribution is -2.35. The van der Waals surface area contributed by atoms with Crippen LogP contribution in [0.3, 0.4) is 0 Å². The molecule has 0 aliphatic carbocycles. The van der Waals surface area contributed by atoms with E-state index >= 15 is 0 Å². The Balaban J connectivity index is 1.94. The van der Waals surface area contributed by atoms with Gasteiger partial charge in [0.1, 0.15) is 0 Å². The second-order valence-electron chi connectivity index (χ2n) is 5.24. The van der Waals surface area contributed by atoms with E-state index in [1.165, 1.54) is 31.4 Å². The maximum atomic E-state index is 9.56. The molecule has 1 aliphatic heterocycles. The molecule has 0 amide bonds. The molecule has 2 atom stereocenters. The Kier molecular flexibility index (Phi) is 5.17. The summed E-state index contributed by atoms with van der Waals surface area (Å²) in [5.41, 5.74) is 1.18. The van der Waals surface area contributed by atoms with Crippen molar-refractivity contribution in [3.63, 3.8) is 0 Å². The van der Waals surface area contributed by atoms with Crippen molar-refractivity contribution in [3.8, 4) is 0 Å². The van der Waals surface area contributed by atoms with Gasteiger partial charge in [-0.25, -0.2) is 0 Å². The van der Waals surface area contributed by atoms with Crippen molar-refractivity contribution in [2.24, 2.45) is 0 Å². The first-order chi connectivity index (χ1) is 8.79. The van der Waals surface area contributed by atoms with Crippen molar-refractivity contribution in [2.75, 3.05) is 26.7 Å². The minimum atomic E-state index is 0.0691. The number of benzene rings is 1. The standard InChI is InChI=1S/C15H24N2O/c1-17-10-5-8-14(9-11-17)16-15(12-18)13-6-3-2-4-7-13/h2-4,6-7,14-16,18H,5,8-12H2,1H3/t14?,15-/m1/s1. The van der Waals surface area contributed by atoms with Crippen LogP contribution in [0.15, 0.2) is 30.3 Å². The summed E-state index contributed by atoms with van der Waals surface area (Å²) in [7, 11) is 2.18. The van der Waals surface area contributed by atoms with Gasteiger partial charge in [-0.2, -0.15) is 0 Å². The zero-order valence-electron chi connectivity index (χ0n) is 11.2. The van der Waals surface area contributed by atoms with Gasteiger partial charge in [-0.3, -0.25) is 0 Å². The molecule has 3 heteroatoms. The summed E-state index contributed by atoms with van der Waals surface area (Å²) in [6.45, 7) is 2.49. The van der Waals surface area contributed by atoms with E-state index in [0.717, 1.165) is 6.54 Å². The third-order valence-corrected chi connectivity index (χ3v) is 3.77. The lowest BCUT2D eigenvalue weighted by atomic mass is 10.0. The minimum absolute atomic E-state index is 0.0691. The van der Waals surface area contributed by atoms with Gasteiger partial charge in [-0.15, -0.1) is 0 Å². The van der Waals surface area contributed by atoms with Gasteiger partial charge in [-0.05, 0) is 45.0 Å². The molecule has 1 aromatic carbocycles. The molecule has 18 heavy (non-hydrogen) atoms. The van der Waals surface area contributed by atoms with Gasteiger partial charge in [0.05, 0.1) is 12.6 Å². The van der Waals surface area contributed by atoms with Gasteiger partial charge in [0, 0.05) is 6.04 Å². The molecule has 0 radical (unpaired) electrons. The first-order valence-electron chi connectivity index (χ1n) is 6.90. The Morgan fingerprint density at radius 3 is 2.78 bits per heavy atom. The lowest BCUT2D eigenvalue weighted by Gasteiger charge is -2.24. The number of aliphatic hydroxyl groups excluding tert-OH is 1. The fraction of sp³-hybridized carbons (Fsp3) is 0.600. The number of rotatable bonds is 4. The molecule has 1 heterocycles. The largest absolute Gasteiger partial charge is 0.394 e. The molecule has 1 aromatic rings. The first-order valence-corrected chi connectivity index (χ1v) is 6.90. The van der Waals surface area contributed by atoms with Crippen LogP contribution in [0.2, 0.25) is 0 Å². The topological polar surface area (TPSA) is 35.5 Å². The van der Waals surface area contributed by atoms with Crippen molar-refractivity contribution < 1.29 is 5.11 Å². The van der Waals surface area contributed by atoms with Crippen LogP contribution in [0.1, 0.15) is 30.9 Å². The molecule has 1 aliphatic rings. The molecular formula is C15H24N2O. The van der Waals surface area contributed by atoms with E-state index in [4.69, 9.17) is 0 Å². The fourth-order valence-corrected chi connectivity index (χ4v) is 2.63. The van der Waals surface area contributed by atoms with E-state index in [9.17, 15) is 5.11 Å². The third-order valence-electron chi connectivity index (χ3n) is 3.77. The van der Waals surface area contributed by atoms with Gasteiger partial charge in [0.25, 0.3) is 0 Å². The molecule has 3 nitrogen and oxygen atoms in total. The van der Waals surface area contributed by atoms with Crippen molar-refractivity contribution in [2.45, 2.75) is 31.3 Å². The predicted molar refractivity (Wildman–Crippen MR) is 74.5 cm³/mol. The smallest absolute Gasteiger partial charge is 0.0626 e. The second-order valence-corrected chi connectivity index (χ2v) is 5.24. The average molecular weight is 248 g/mol. The summed E-state index contributed by atoms with van der Waals surface area (Å²) >= 11 is 0. The Hall–Kier alpha value is -0.900. The fourth-order valence-electron chi connectivity index (χ4n) is 2.63. The van der Waals surface area contributed by atoms with Crippen LogP contribution in [0.4, 0.5) is 0 Å². The summed E-state index contributed by atoms with van der Waals surface area (Å²) in [6, 6.07) is 10.8. The van der Waals surface area contributed by atoms with Gasteiger partial charge < -0.3 is 15.3 Å². The van der Waals surface area contributed by atoms with Gasteiger partial charge in [-0.1, -0.05) is 30.3 Å². The molecule has 0 aromatic heterocycles. The van der Waals surface area contributed by atoms with Crippen LogP contribution in [0.5, 0.6) is 0 Å². The maximum absolute atomic E-state index is 9.56. The molecule has 2 N–H and O–H groups in total. The summed E-state index contributed by atoms with van der Waals surface area (Å²) < 4.78 is 0. The molecular weight excluding hydrogens is 224 g/mol. The lowest BCUT2D eigenvalue weighted by molar-refractivity contribution is 0.228. The summed E-state index contributed by atoms with van der Waals surface area (Å²) in [5.74, 6) is 0.